The van der Waals surface area contributed by atoms with Crippen molar-refractivity contribution < 1.29 is 35.9 Å². The number of halogens is 3. The molecule has 0 spiro atoms. The monoisotopic (exact) mass is 500 g/mol. The van der Waals surface area contributed by atoms with Gasteiger partial charge in [0.15, 0.2) is 0 Å². The van der Waals surface area contributed by atoms with E-state index in [1.165, 1.54) is 24.3 Å². The molecule has 3 aliphatic rings. The summed E-state index contributed by atoms with van der Waals surface area (Å²) in [6, 6.07) is 5.52. The quantitative estimate of drug-likeness (QED) is 0.617. The minimum absolute atomic E-state index is 0.129. The number of nitrogens with one attached hydrogen (secondary N) is 1. The van der Waals surface area contributed by atoms with E-state index < -0.39 is 16.4 Å². The normalized spacial score (nSPS) is 20.0. The minimum Gasteiger partial charge on any atom is -0.495 e. The SMILES string of the molecule is O=C1C2=C(CCC(c3ccc(OC(F)(F)F)cc3)=C2)OCCN1CCNS(=O)(=O)C1CCCC1. The van der Waals surface area contributed by atoms with Crippen LogP contribution >= 0.6 is 0 Å². The molecule has 0 atom stereocenters. The molecule has 1 amide bonds. The highest BCUT2D eigenvalue weighted by molar-refractivity contribution is 7.90. The smallest absolute Gasteiger partial charge is 0.495 e. The summed E-state index contributed by atoms with van der Waals surface area (Å²) in [6.07, 6.45) is 1.18. The van der Waals surface area contributed by atoms with E-state index in [4.69, 9.17) is 4.74 Å². The Bertz CT molecular complexity index is 1070. The van der Waals surface area contributed by atoms with Crippen LogP contribution in [0, 0.1) is 0 Å². The van der Waals surface area contributed by atoms with Crippen LogP contribution in [0.4, 0.5) is 13.2 Å². The highest BCUT2D eigenvalue weighted by atomic mass is 32.2. The summed E-state index contributed by atoms with van der Waals surface area (Å²) in [4.78, 5) is 14.8. The molecule has 11 heteroatoms. The van der Waals surface area contributed by atoms with Gasteiger partial charge in [0.1, 0.15) is 18.1 Å². The molecule has 1 heterocycles. The number of carbonyl (C=O) groups is 1. The van der Waals surface area contributed by atoms with Crippen LogP contribution in [0.25, 0.3) is 5.57 Å². The molecule has 1 N–H and O–H groups in total. The molecule has 0 radical (unpaired) electrons. The number of ether oxygens (including phenoxy) is 2. The van der Waals surface area contributed by atoms with Crippen molar-refractivity contribution in [2.24, 2.45) is 0 Å². The van der Waals surface area contributed by atoms with Crippen LogP contribution in [-0.2, 0) is 19.6 Å². The lowest BCUT2D eigenvalue weighted by Gasteiger charge is -2.22. The van der Waals surface area contributed by atoms with Crippen LogP contribution < -0.4 is 9.46 Å². The van der Waals surface area contributed by atoms with Gasteiger partial charge in [-0.2, -0.15) is 0 Å². The number of allylic oxidation sites excluding steroid dienone is 2. The molecule has 0 saturated heterocycles. The summed E-state index contributed by atoms with van der Waals surface area (Å²) in [5, 5.41) is -0.360. The molecule has 1 fully saturated rings. The van der Waals surface area contributed by atoms with Crippen molar-refractivity contribution >= 4 is 21.5 Å². The first kappa shape index (κ1) is 24.6. The lowest BCUT2D eigenvalue weighted by Crippen LogP contribution is -2.41. The molecule has 1 saturated carbocycles. The number of rotatable bonds is 7. The van der Waals surface area contributed by atoms with E-state index in [1.807, 2.05) is 0 Å². The number of amides is 1. The molecule has 0 unspecified atom stereocenters. The maximum atomic E-state index is 13.2. The van der Waals surface area contributed by atoms with Crippen molar-refractivity contribution in [1.82, 2.24) is 9.62 Å². The molecule has 34 heavy (non-hydrogen) atoms. The summed E-state index contributed by atoms with van der Waals surface area (Å²) in [7, 11) is -3.39. The van der Waals surface area contributed by atoms with Crippen molar-refractivity contribution in [2.75, 3.05) is 26.2 Å². The molecular formula is C23H27F3N2O5S. The molecular weight excluding hydrogens is 473 g/mol. The fraction of sp³-hybridized carbons (Fsp3) is 0.522. The summed E-state index contributed by atoms with van der Waals surface area (Å²) in [5.74, 6) is 0.0225. The third-order valence-corrected chi connectivity index (χ3v) is 8.24. The van der Waals surface area contributed by atoms with Gasteiger partial charge in [-0.1, -0.05) is 25.0 Å². The molecule has 4 rings (SSSR count). The van der Waals surface area contributed by atoms with E-state index in [-0.39, 0.29) is 30.0 Å². The van der Waals surface area contributed by atoms with E-state index in [9.17, 15) is 26.4 Å². The fourth-order valence-electron chi connectivity index (χ4n) is 4.54. The molecule has 186 valence electrons. The van der Waals surface area contributed by atoms with Gasteiger partial charge in [-0.25, -0.2) is 13.1 Å². The Morgan fingerprint density at radius 3 is 2.50 bits per heavy atom. The molecule has 7 nitrogen and oxygen atoms in total. The first-order chi connectivity index (χ1) is 16.1. The van der Waals surface area contributed by atoms with Crippen molar-refractivity contribution in [1.29, 1.82) is 0 Å². The van der Waals surface area contributed by atoms with E-state index >= 15 is 0 Å². The van der Waals surface area contributed by atoms with E-state index in [0.29, 0.717) is 55.7 Å². The maximum Gasteiger partial charge on any atom is 0.573 e. The van der Waals surface area contributed by atoms with Crippen LogP contribution in [0.3, 0.4) is 0 Å². The maximum absolute atomic E-state index is 13.2. The summed E-state index contributed by atoms with van der Waals surface area (Å²) < 4.78 is 74.4. The second kappa shape index (κ2) is 9.99. The number of carbonyl (C=O) groups excluding carboxylic acids is 1. The van der Waals surface area contributed by atoms with Gasteiger partial charge in [-0.15, -0.1) is 13.2 Å². The third-order valence-electron chi connectivity index (χ3n) is 6.28. The van der Waals surface area contributed by atoms with Crippen molar-refractivity contribution in [2.45, 2.75) is 50.1 Å². The molecule has 1 aliphatic heterocycles. The topological polar surface area (TPSA) is 84.9 Å². The predicted octanol–water partition coefficient (Wildman–Crippen LogP) is 3.74. The first-order valence-electron chi connectivity index (χ1n) is 11.3. The number of sulfonamides is 1. The van der Waals surface area contributed by atoms with Gasteiger partial charge in [-0.05, 0) is 48.6 Å². The number of benzene rings is 1. The number of nitrogens with zero attached hydrogens (tertiary/aromatic N) is 1. The number of alkyl halides is 3. The van der Waals surface area contributed by atoms with Crippen LogP contribution in [0.2, 0.25) is 0 Å². The summed E-state index contributed by atoms with van der Waals surface area (Å²) in [6.45, 7) is 0.998. The van der Waals surface area contributed by atoms with Gasteiger partial charge in [0, 0.05) is 19.5 Å². The zero-order valence-corrected chi connectivity index (χ0v) is 19.4. The molecule has 0 aromatic heterocycles. The Balaban J connectivity index is 1.43. The van der Waals surface area contributed by atoms with Crippen molar-refractivity contribution in [3.8, 4) is 5.75 Å². The van der Waals surface area contributed by atoms with Crippen molar-refractivity contribution in [3.63, 3.8) is 0 Å². The summed E-state index contributed by atoms with van der Waals surface area (Å²) >= 11 is 0. The average molecular weight is 501 g/mol. The molecule has 0 bridgehead atoms. The van der Waals surface area contributed by atoms with Crippen LogP contribution in [0.1, 0.15) is 44.1 Å². The fourth-order valence-corrected chi connectivity index (χ4v) is 6.11. The van der Waals surface area contributed by atoms with Gasteiger partial charge >= 0.3 is 6.36 Å². The Hall–Kier alpha value is -2.53. The van der Waals surface area contributed by atoms with Crippen LogP contribution in [0.15, 0.2) is 41.7 Å². The van der Waals surface area contributed by atoms with Gasteiger partial charge in [-0.3, -0.25) is 4.79 Å². The molecule has 1 aromatic rings. The van der Waals surface area contributed by atoms with E-state index in [1.54, 1.807) is 11.0 Å². The second-order valence-corrected chi connectivity index (χ2v) is 10.6. The average Bonchev–Trinajstić information content (AvgIpc) is 3.28. The minimum atomic E-state index is -4.76. The highest BCUT2D eigenvalue weighted by Gasteiger charge is 2.32. The molecule has 2 aliphatic carbocycles. The Labute approximate surface area is 196 Å². The van der Waals surface area contributed by atoms with Crippen LogP contribution in [0.5, 0.6) is 5.75 Å². The predicted molar refractivity (Wildman–Crippen MR) is 119 cm³/mol. The van der Waals surface area contributed by atoms with Crippen LogP contribution in [-0.4, -0.2) is 57.1 Å². The number of hydrogen-bond donors (Lipinski definition) is 1. The zero-order chi connectivity index (χ0) is 24.3. The lowest BCUT2D eigenvalue weighted by molar-refractivity contribution is -0.274. The lowest BCUT2D eigenvalue weighted by atomic mass is 9.92. The standard InChI is InChI=1S/C23H27F3N2O5S/c24-23(25,26)33-18-8-5-16(6-9-18)17-7-10-21-20(15-17)22(29)28(13-14-32-21)12-11-27-34(30,31)19-3-1-2-4-19/h5-6,8-9,15,19,27H,1-4,7,10-14H2. The highest BCUT2D eigenvalue weighted by Crippen LogP contribution is 2.34. The van der Waals surface area contributed by atoms with Gasteiger partial charge in [0.05, 0.1) is 17.4 Å². The largest absolute Gasteiger partial charge is 0.573 e. The first-order valence-corrected chi connectivity index (χ1v) is 12.9. The molecule has 1 aromatic carbocycles. The Kier molecular flexibility index (Phi) is 7.22. The van der Waals surface area contributed by atoms with E-state index in [0.717, 1.165) is 18.4 Å². The third kappa shape index (κ3) is 5.93. The van der Waals surface area contributed by atoms with E-state index in [2.05, 4.69) is 9.46 Å². The summed E-state index contributed by atoms with van der Waals surface area (Å²) in [5.41, 5.74) is 1.89. The second-order valence-electron chi connectivity index (χ2n) is 8.57. The number of hydrogen-bond acceptors (Lipinski definition) is 5. The van der Waals surface area contributed by atoms with Gasteiger partial charge in [0.2, 0.25) is 10.0 Å². The van der Waals surface area contributed by atoms with Gasteiger partial charge in [0.25, 0.3) is 5.91 Å². The van der Waals surface area contributed by atoms with Crippen molar-refractivity contribution in [3.05, 3.63) is 47.2 Å². The Morgan fingerprint density at radius 1 is 1.12 bits per heavy atom. The Morgan fingerprint density at radius 2 is 1.82 bits per heavy atom. The zero-order valence-electron chi connectivity index (χ0n) is 18.6. The van der Waals surface area contributed by atoms with Gasteiger partial charge < -0.3 is 14.4 Å².